The molecule has 4 rings (SSSR count). The zero-order valence-electron chi connectivity index (χ0n) is 18.5. The highest BCUT2D eigenvalue weighted by atomic mass is 35.5. The molecular weight excluding hydrogens is 492 g/mol. The molecular formula is C25H19ClN2O6S. The fourth-order valence-corrected chi connectivity index (χ4v) is 4.43. The quantitative estimate of drug-likeness (QED) is 0.206. The van der Waals surface area contributed by atoms with Crippen LogP contribution in [0.4, 0.5) is 10.5 Å². The second-order valence-corrected chi connectivity index (χ2v) is 8.89. The van der Waals surface area contributed by atoms with Crippen molar-refractivity contribution in [2.24, 2.45) is 0 Å². The number of non-ortho nitro benzene ring substituents is 1. The largest absolute Gasteiger partial charge is 0.493 e. The van der Waals surface area contributed by atoms with Crippen molar-refractivity contribution in [1.29, 1.82) is 0 Å². The van der Waals surface area contributed by atoms with Gasteiger partial charge in [0.1, 0.15) is 6.61 Å². The van der Waals surface area contributed by atoms with Gasteiger partial charge in [-0.2, -0.15) is 0 Å². The second kappa shape index (κ2) is 10.6. The molecule has 8 nitrogen and oxygen atoms in total. The van der Waals surface area contributed by atoms with Crippen molar-refractivity contribution in [1.82, 2.24) is 4.90 Å². The molecule has 0 bridgehead atoms. The van der Waals surface area contributed by atoms with Crippen molar-refractivity contribution in [3.63, 3.8) is 0 Å². The van der Waals surface area contributed by atoms with E-state index in [1.54, 1.807) is 36.4 Å². The molecule has 3 aromatic carbocycles. The average Bonchev–Trinajstić information content (AvgIpc) is 3.11. The van der Waals surface area contributed by atoms with Crippen molar-refractivity contribution < 1.29 is 24.0 Å². The van der Waals surface area contributed by atoms with Crippen LogP contribution in [0, 0.1) is 10.1 Å². The SMILES string of the molecule is COc1cc(/C=C2/SC(=O)N(Cc3cccc([N+](=O)[O-])c3)C2=O)ccc1OCc1ccccc1Cl. The standard InChI is InChI=1S/C25H19ClN2O6S/c1-33-22-12-16(9-10-21(22)34-15-18-6-2-3-8-20(18)26)13-23-24(29)27(25(30)35-23)14-17-5-4-7-19(11-17)28(31)32/h2-13H,14-15H2,1H3/b23-13+. The summed E-state index contributed by atoms with van der Waals surface area (Å²) in [5.41, 5.74) is 1.86. The van der Waals surface area contributed by atoms with Crippen LogP contribution in [-0.4, -0.2) is 28.1 Å². The van der Waals surface area contributed by atoms with E-state index in [-0.39, 0.29) is 23.7 Å². The topological polar surface area (TPSA) is 99.0 Å². The molecule has 1 saturated heterocycles. The Labute approximate surface area is 210 Å². The number of halogens is 1. The maximum Gasteiger partial charge on any atom is 0.293 e. The number of carbonyl (C=O) groups is 2. The second-order valence-electron chi connectivity index (χ2n) is 7.49. The van der Waals surface area contributed by atoms with Gasteiger partial charge in [0.15, 0.2) is 11.5 Å². The van der Waals surface area contributed by atoms with Crippen LogP contribution >= 0.6 is 23.4 Å². The number of nitro benzene ring substituents is 1. The Morgan fingerprint density at radius 2 is 1.86 bits per heavy atom. The van der Waals surface area contributed by atoms with E-state index in [0.29, 0.717) is 27.6 Å². The number of benzene rings is 3. The minimum atomic E-state index is -0.521. The highest BCUT2D eigenvalue weighted by Gasteiger charge is 2.35. The highest BCUT2D eigenvalue weighted by molar-refractivity contribution is 8.18. The number of methoxy groups -OCH3 is 1. The number of rotatable bonds is 8. The molecule has 1 heterocycles. The van der Waals surface area contributed by atoms with Gasteiger partial charge in [-0.05, 0) is 47.2 Å². The first-order valence-corrected chi connectivity index (χ1v) is 11.6. The monoisotopic (exact) mass is 510 g/mol. The third-order valence-corrected chi connectivity index (χ3v) is 6.44. The number of carbonyl (C=O) groups excluding carboxylic acids is 2. The Hall–Kier alpha value is -3.82. The minimum absolute atomic E-state index is 0.0537. The summed E-state index contributed by atoms with van der Waals surface area (Å²) in [6.45, 7) is 0.202. The van der Waals surface area contributed by atoms with E-state index in [9.17, 15) is 19.7 Å². The third-order valence-electron chi connectivity index (χ3n) is 5.16. The molecule has 1 aliphatic rings. The Bertz CT molecular complexity index is 1340. The number of imide groups is 1. The molecule has 0 N–H and O–H groups in total. The fraction of sp³-hybridized carbons (Fsp3) is 0.120. The molecule has 35 heavy (non-hydrogen) atoms. The normalized spacial score (nSPS) is 14.5. The Morgan fingerprint density at radius 3 is 2.60 bits per heavy atom. The van der Waals surface area contributed by atoms with E-state index in [0.717, 1.165) is 22.2 Å². The van der Waals surface area contributed by atoms with Gasteiger partial charge in [-0.3, -0.25) is 24.6 Å². The molecule has 10 heteroatoms. The van der Waals surface area contributed by atoms with Crippen molar-refractivity contribution in [2.75, 3.05) is 7.11 Å². The lowest BCUT2D eigenvalue weighted by Gasteiger charge is -2.13. The van der Waals surface area contributed by atoms with Crippen molar-refractivity contribution in [3.05, 3.63) is 103 Å². The molecule has 178 valence electrons. The van der Waals surface area contributed by atoms with Gasteiger partial charge in [0, 0.05) is 22.7 Å². The zero-order chi connectivity index (χ0) is 24.9. The van der Waals surface area contributed by atoms with Crippen LogP contribution in [0.15, 0.2) is 71.6 Å². The Kier molecular flexibility index (Phi) is 7.38. The van der Waals surface area contributed by atoms with Gasteiger partial charge in [-0.25, -0.2) is 0 Å². The molecule has 0 aliphatic carbocycles. The van der Waals surface area contributed by atoms with Gasteiger partial charge in [0.05, 0.1) is 23.5 Å². The van der Waals surface area contributed by atoms with Crippen LogP contribution < -0.4 is 9.47 Å². The predicted molar refractivity (Wildman–Crippen MR) is 133 cm³/mol. The van der Waals surface area contributed by atoms with E-state index >= 15 is 0 Å². The number of nitro groups is 1. The number of amides is 2. The predicted octanol–water partition coefficient (Wildman–Crippen LogP) is 6.07. The van der Waals surface area contributed by atoms with Gasteiger partial charge in [-0.15, -0.1) is 0 Å². The third kappa shape index (κ3) is 5.64. The number of thioether (sulfide) groups is 1. The summed E-state index contributed by atoms with van der Waals surface area (Å²) in [7, 11) is 1.51. The maximum atomic E-state index is 12.9. The molecule has 0 saturated carbocycles. The van der Waals surface area contributed by atoms with E-state index < -0.39 is 16.1 Å². The van der Waals surface area contributed by atoms with Crippen LogP contribution in [0.2, 0.25) is 5.02 Å². The Balaban J connectivity index is 1.49. The minimum Gasteiger partial charge on any atom is -0.493 e. The van der Waals surface area contributed by atoms with Gasteiger partial charge in [-0.1, -0.05) is 48.0 Å². The summed E-state index contributed by atoms with van der Waals surface area (Å²) in [6.07, 6.45) is 1.60. The summed E-state index contributed by atoms with van der Waals surface area (Å²) in [6, 6.07) is 18.4. The van der Waals surface area contributed by atoms with Crippen LogP contribution in [-0.2, 0) is 17.9 Å². The molecule has 1 fully saturated rings. The van der Waals surface area contributed by atoms with E-state index in [1.165, 1.54) is 25.3 Å². The number of hydrogen-bond acceptors (Lipinski definition) is 7. The summed E-state index contributed by atoms with van der Waals surface area (Å²) in [5.74, 6) is 0.495. The van der Waals surface area contributed by atoms with E-state index in [2.05, 4.69) is 0 Å². The zero-order valence-corrected chi connectivity index (χ0v) is 20.0. The van der Waals surface area contributed by atoms with Crippen LogP contribution in [0.3, 0.4) is 0 Å². The van der Waals surface area contributed by atoms with Gasteiger partial charge in [0.25, 0.3) is 16.8 Å². The molecule has 0 atom stereocenters. The first-order chi connectivity index (χ1) is 16.9. The lowest BCUT2D eigenvalue weighted by molar-refractivity contribution is -0.384. The molecule has 0 unspecified atom stereocenters. The Morgan fingerprint density at radius 1 is 1.06 bits per heavy atom. The molecule has 0 aromatic heterocycles. The first-order valence-electron chi connectivity index (χ1n) is 10.4. The maximum absolute atomic E-state index is 12.9. The summed E-state index contributed by atoms with van der Waals surface area (Å²) < 4.78 is 11.3. The van der Waals surface area contributed by atoms with E-state index in [4.69, 9.17) is 21.1 Å². The summed E-state index contributed by atoms with van der Waals surface area (Å²) in [5, 5.41) is 11.2. The lowest BCUT2D eigenvalue weighted by Crippen LogP contribution is -2.27. The molecule has 0 spiro atoms. The van der Waals surface area contributed by atoms with Crippen molar-refractivity contribution >= 4 is 46.3 Å². The highest BCUT2D eigenvalue weighted by Crippen LogP contribution is 2.36. The van der Waals surface area contributed by atoms with Gasteiger partial charge < -0.3 is 9.47 Å². The van der Waals surface area contributed by atoms with Gasteiger partial charge >= 0.3 is 0 Å². The number of ether oxygens (including phenoxy) is 2. The summed E-state index contributed by atoms with van der Waals surface area (Å²) in [4.78, 5) is 37.1. The fourth-order valence-electron chi connectivity index (χ4n) is 3.40. The van der Waals surface area contributed by atoms with Crippen LogP contribution in [0.1, 0.15) is 16.7 Å². The van der Waals surface area contributed by atoms with Crippen LogP contribution in [0.5, 0.6) is 11.5 Å². The van der Waals surface area contributed by atoms with Crippen molar-refractivity contribution in [2.45, 2.75) is 13.2 Å². The van der Waals surface area contributed by atoms with Gasteiger partial charge in [0.2, 0.25) is 0 Å². The van der Waals surface area contributed by atoms with Crippen LogP contribution in [0.25, 0.3) is 6.08 Å². The summed E-state index contributed by atoms with van der Waals surface area (Å²) >= 11 is 6.99. The molecule has 0 radical (unpaired) electrons. The first kappa shape index (κ1) is 24.3. The average molecular weight is 511 g/mol. The molecule has 2 amide bonds. The smallest absolute Gasteiger partial charge is 0.293 e. The molecule has 1 aliphatic heterocycles. The number of hydrogen-bond donors (Lipinski definition) is 0. The van der Waals surface area contributed by atoms with E-state index in [1.807, 2.05) is 18.2 Å². The number of nitrogens with zero attached hydrogens (tertiary/aromatic N) is 2. The lowest BCUT2D eigenvalue weighted by atomic mass is 10.1. The molecule has 3 aromatic rings. The van der Waals surface area contributed by atoms with Crippen molar-refractivity contribution in [3.8, 4) is 11.5 Å².